The van der Waals surface area contributed by atoms with E-state index in [9.17, 15) is 4.79 Å². The van der Waals surface area contributed by atoms with Crippen LogP contribution in [0.25, 0.3) is 0 Å². The molecule has 0 saturated carbocycles. The molecule has 0 aromatic heterocycles. The van der Waals surface area contributed by atoms with E-state index in [-0.39, 0.29) is 11.8 Å². The number of benzene rings is 1. The van der Waals surface area contributed by atoms with Crippen LogP contribution >= 0.6 is 11.6 Å². The molecule has 1 aromatic carbocycles. The second-order valence-corrected chi connectivity index (χ2v) is 4.62. The van der Waals surface area contributed by atoms with Crippen molar-refractivity contribution >= 4 is 23.2 Å². The van der Waals surface area contributed by atoms with Gasteiger partial charge < -0.3 is 10.6 Å². The molecule has 1 amide bonds. The summed E-state index contributed by atoms with van der Waals surface area (Å²) in [6.07, 6.45) is 0.529. The van der Waals surface area contributed by atoms with Crippen molar-refractivity contribution in [2.75, 3.05) is 18.0 Å². The van der Waals surface area contributed by atoms with Crippen molar-refractivity contribution in [3.63, 3.8) is 0 Å². The topological polar surface area (TPSA) is 46.3 Å². The van der Waals surface area contributed by atoms with Gasteiger partial charge in [-0.1, -0.05) is 23.7 Å². The molecule has 86 valence electrons. The average molecular weight is 239 g/mol. The Bertz CT molecular complexity index is 399. The van der Waals surface area contributed by atoms with Crippen LogP contribution in [-0.2, 0) is 4.79 Å². The Labute approximate surface area is 100 Å². The minimum atomic E-state index is 0.117. The summed E-state index contributed by atoms with van der Waals surface area (Å²) in [6.45, 7) is 3.19. The van der Waals surface area contributed by atoms with Crippen molar-refractivity contribution in [2.24, 2.45) is 11.7 Å². The van der Waals surface area contributed by atoms with Gasteiger partial charge in [-0.25, -0.2) is 0 Å². The number of carbonyl (C=O) groups excluding carboxylic acids is 1. The highest BCUT2D eigenvalue weighted by Gasteiger charge is 2.31. The molecule has 1 atom stereocenters. The van der Waals surface area contributed by atoms with Gasteiger partial charge in [0, 0.05) is 13.0 Å². The number of anilines is 1. The standard InChI is InChI=1S/C12H15ClN2O/c1-8-3-2-4-10(13)12(8)15-7-9(6-14)5-11(15)16/h2-4,9H,5-7,14H2,1H3. The second kappa shape index (κ2) is 4.44. The normalized spacial score (nSPS) is 20.6. The number of nitrogens with zero attached hydrogens (tertiary/aromatic N) is 1. The lowest BCUT2D eigenvalue weighted by molar-refractivity contribution is -0.117. The molecule has 0 radical (unpaired) electrons. The number of halogens is 1. The Kier molecular flexibility index (Phi) is 3.17. The molecule has 0 aliphatic carbocycles. The lowest BCUT2D eigenvalue weighted by atomic mass is 10.1. The zero-order valence-corrected chi connectivity index (χ0v) is 10.00. The van der Waals surface area contributed by atoms with Crippen LogP contribution in [-0.4, -0.2) is 19.0 Å². The van der Waals surface area contributed by atoms with Gasteiger partial charge in [-0.2, -0.15) is 0 Å². The van der Waals surface area contributed by atoms with Gasteiger partial charge in [-0.15, -0.1) is 0 Å². The van der Waals surface area contributed by atoms with E-state index in [0.29, 0.717) is 24.5 Å². The van der Waals surface area contributed by atoms with Crippen LogP contribution in [0.3, 0.4) is 0 Å². The first-order valence-electron chi connectivity index (χ1n) is 5.39. The lowest BCUT2D eigenvalue weighted by Crippen LogP contribution is -2.26. The maximum atomic E-state index is 11.9. The van der Waals surface area contributed by atoms with E-state index in [4.69, 9.17) is 17.3 Å². The number of carbonyl (C=O) groups is 1. The van der Waals surface area contributed by atoms with Crippen LogP contribution in [0, 0.1) is 12.8 Å². The van der Waals surface area contributed by atoms with Gasteiger partial charge in [-0.3, -0.25) is 4.79 Å². The highest BCUT2D eigenvalue weighted by molar-refractivity contribution is 6.34. The van der Waals surface area contributed by atoms with Gasteiger partial charge in [0.25, 0.3) is 0 Å². The Balaban J connectivity index is 2.35. The fraction of sp³-hybridized carbons (Fsp3) is 0.417. The van der Waals surface area contributed by atoms with Gasteiger partial charge >= 0.3 is 0 Å². The van der Waals surface area contributed by atoms with Crippen LogP contribution in [0.5, 0.6) is 0 Å². The smallest absolute Gasteiger partial charge is 0.227 e. The van der Waals surface area contributed by atoms with Crippen molar-refractivity contribution in [3.8, 4) is 0 Å². The summed E-state index contributed by atoms with van der Waals surface area (Å²) in [6, 6.07) is 5.67. The fourth-order valence-corrected chi connectivity index (χ4v) is 2.44. The molecule has 4 heteroatoms. The summed E-state index contributed by atoms with van der Waals surface area (Å²) in [5.41, 5.74) is 7.47. The van der Waals surface area contributed by atoms with E-state index < -0.39 is 0 Å². The number of amides is 1. The maximum absolute atomic E-state index is 11.9. The molecule has 1 aliphatic heterocycles. The molecule has 1 fully saturated rings. The molecule has 2 rings (SSSR count). The predicted octanol–water partition coefficient (Wildman–Crippen LogP) is 1.96. The second-order valence-electron chi connectivity index (χ2n) is 4.22. The molecule has 0 spiro atoms. The van der Waals surface area contributed by atoms with E-state index in [1.807, 2.05) is 25.1 Å². The van der Waals surface area contributed by atoms with E-state index >= 15 is 0 Å². The van der Waals surface area contributed by atoms with Crippen LogP contribution in [0.4, 0.5) is 5.69 Å². The number of nitrogens with two attached hydrogens (primary N) is 1. The van der Waals surface area contributed by atoms with Crippen LogP contribution < -0.4 is 10.6 Å². The maximum Gasteiger partial charge on any atom is 0.227 e. The molecule has 1 aliphatic rings. The minimum Gasteiger partial charge on any atom is -0.330 e. The summed E-state index contributed by atoms with van der Waals surface area (Å²) in [4.78, 5) is 13.6. The first kappa shape index (κ1) is 11.4. The molecule has 2 N–H and O–H groups in total. The summed E-state index contributed by atoms with van der Waals surface area (Å²) in [5, 5.41) is 0.631. The summed E-state index contributed by atoms with van der Waals surface area (Å²) < 4.78 is 0. The van der Waals surface area contributed by atoms with Crippen molar-refractivity contribution in [2.45, 2.75) is 13.3 Å². The summed E-state index contributed by atoms with van der Waals surface area (Å²) in [5.74, 6) is 0.370. The fourth-order valence-electron chi connectivity index (χ4n) is 2.12. The third kappa shape index (κ3) is 1.93. The average Bonchev–Trinajstić information content (AvgIpc) is 2.60. The van der Waals surface area contributed by atoms with Gasteiger partial charge in [0.1, 0.15) is 0 Å². The molecule has 1 aromatic rings. The van der Waals surface area contributed by atoms with E-state index in [0.717, 1.165) is 11.3 Å². The molecule has 1 unspecified atom stereocenters. The Morgan fingerprint density at radius 2 is 2.31 bits per heavy atom. The molecule has 3 nitrogen and oxygen atoms in total. The SMILES string of the molecule is Cc1cccc(Cl)c1N1CC(CN)CC1=O. The zero-order chi connectivity index (χ0) is 11.7. The number of aryl methyl sites for hydroxylation is 1. The molecule has 1 saturated heterocycles. The van der Waals surface area contributed by atoms with Crippen molar-refractivity contribution in [1.29, 1.82) is 0 Å². The molecular formula is C12H15ClN2O. The molecule has 0 bridgehead atoms. The lowest BCUT2D eigenvalue weighted by Gasteiger charge is -2.20. The monoisotopic (exact) mass is 238 g/mol. The quantitative estimate of drug-likeness (QED) is 0.856. The minimum absolute atomic E-state index is 0.117. The first-order valence-corrected chi connectivity index (χ1v) is 5.77. The van der Waals surface area contributed by atoms with Crippen LogP contribution in [0.15, 0.2) is 18.2 Å². The highest BCUT2D eigenvalue weighted by Crippen LogP contribution is 2.33. The van der Waals surface area contributed by atoms with E-state index in [2.05, 4.69) is 0 Å². The predicted molar refractivity (Wildman–Crippen MR) is 65.7 cm³/mol. The van der Waals surface area contributed by atoms with Crippen LogP contribution in [0.1, 0.15) is 12.0 Å². The van der Waals surface area contributed by atoms with Crippen molar-refractivity contribution in [3.05, 3.63) is 28.8 Å². The zero-order valence-electron chi connectivity index (χ0n) is 9.24. The number of hydrogen-bond acceptors (Lipinski definition) is 2. The molecular weight excluding hydrogens is 224 g/mol. The highest BCUT2D eigenvalue weighted by atomic mass is 35.5. The van der Waals surface area contributed by atoms with Gasteiger partial charge in [0.2, 0.25) is 5.91 Å². The van der Waals surface area contributed by atoms with Crippen molar-refractivity contribution < 1.29 is 4.79 Å². The summed E-state index contributed by atoms with van der Waals surface area (Å²) >= 11 is 6.14. The number of rotatable bonds is 2. The number of para-hydroxylation sites is 1. The van der Waals surface area contributed by atoms with Crippen molar-refractivity contribution in [1.82, 2.24) is 0 Å². The van der Waals surface area contributed by atoms with Gasteiger partial charge in [-0.05, 0) is 31.0 Å². The largest absolute Gasteiger partial charge is 0.330 e. The van der Waals surface area contributed by atoms with E-state index in [1.54, 1.807) is 4.90 Å². The summed E-state index contributed by atoms with van der Waals surface area (Å²) in [7, 11) is 0. The van der Waals surface area contributed by atoms with Crippen LogP contribution in [0.2, 0.25) is 5.02 Å². The number of hydrogen-bond donors (Lipinski definition) is 1. The Hall–Kier alpha value is -1.06. The Morgan fingerprint density at radius 1 is 1.56 bits per heavy atom. The Morgan fingerprint density at radius 3 is 2.88 bits per heavy atom. The van der Waals surface area contributed by atoms with Gasteiger partial charge in [0.15, 0.2) is 0 Å². The third-order valence-electron chi connectivity index (χ3n) is 3.00. The molecule has 1 heterocycles. The van der Waals surface area contributed by atoms with Gasteiger partial charge in [0.05, 0.1) is 10.7 Å². The molecule has 16 heavy (non-hydrogen) atoms. The third-order valence-corrected chi connectivity index (χ3v) is 3.30. The van der Waals surface area contributed by atoms with E-state index in [1.165, 1.54) is 0 Å². The first-order chi connectivity index (χ1) is 7.63.